The molecule has 0 fully saturated rings. The van der Waals surface area contributed by atoms with Crippen LogP contribution in [0.4, 0.5) is 0 Å². The molecule has 0 saturated carbocycles. The van der Waals surface area contributed by atoms with Crippen LogP contribution in [0.1, 0.15) is 20.7 Å². The first-order valence-electron chi connectivity index (χ1n) is 4.43. The van der Waals surface area contributed by atoms with Gasteiger partial charge < -0.3 is 15.2 Å². The smallest absolute Gasteiger partial charge is 0.347 e. The summed E-state index contributed by atoms with van der Waals surface area (Å²) < 4.78 is 9.16. The Bertz CT molecular complexity index is 494. The first-order valence-corrected chi connectivity index (χ1v) is 4.43. The minimum absolute atomic E-state index is 0.0901. The van der Waals surface area contributed by atoms with Crippen molar-refractivity contribution in [1.82, 2.24) is 0 Å². The van der Waals surface area contributed by atoms with Gasteiger partial charge in [0.1, 0.15) is 5.75 Å². The molecule has 0 atom stereocenters. The van der Waals surface area contributed by atoms with Gasteiger partial charge >= 0.3 is 17.9 Å². The van der Waals surface area contributed by atoms with Crippen LogP contribution in [0.5, 0.6) is 5.75 Å². The SMILES string of the molecule is NCC(=O)Oc1ccc2c(c1)C(=O)OC2=O. The molecule has 0 radical (unpaired) electrons. The average molecular weight is 221 g/mol. The van der Waals surface area contributed by atoms with E-state index in [4.69, 9.17) is 10.5 Å². The second-order valence-corrected chi connectivity index (χ2v) is 3.06. The molecule has 0 spiro atoms. The Morgan fingerprint density at radius 3 is 2.62 bits per heavy atom. The fourth-order valence-electron chi connectivity index (χ4n) is 1.30. The minimum atomic E-state index is -0.745. The number of esters is 3. The normalized spacial score (nSPS) is 13.3. The third kappa shape index (κ3) is 1.66. The summed E-state index contributed by atoms with van der Waals surface area (Å²) in [5.74, 6) is -1.92. The zero-order valence-electron chi connectivity index (χ0n) is 8.06. The van der Waals surface area contributed by atoms with E-state index in [9.17, 15) is 14.4 Å². The molecule has 82 valence electrons. The maximum atomic E-state index is 11.2. The Kier molecular flexibility index (Phi) is 2.41. The Morgan fingerprint density at radius 2 is 1.94 bits per heavy atom. The van der Waals surface area contributed by atoms with E-state index in [-0.39, 0.29) is 23.4 Å². The van der Waals surface area contributed by atoms with E-state index in [1.807, 2.05) is 0 Å². The molecule has 1 aromatic carbocycles. The molecule has 0 amide bonds. The topological polar surface area (TPSA) is 95.7 Å². The highest BCUT2D eigenvalue weighted by Gasteiger charge is 2.30. The highest BCUT2D eigenvalue weighted by Crippen LogP contribution is 2.24. The first-order chi connectivity index (χ1) is 7.61. The number of fused-ring (bicyclic) bond motifs is 1. The van der Waals surface area contributed by atoms with E-state index < -0.39 is 17.9 Å². The molecule has 0 bridgehead atoms. The van der Waals surface area contributed by atoms with Crippen molar-refractivity contribution in [3.63, 3.8) is 0 Å². The number of hydrogen-bond acceptors (Lipinski definition) is 6. The van der Waals surface area contributed by atoms with Gasteiger partial charge in [-0.2, -0.15) is 0 Å². The van der Waals surface area contributed by atoms with Crippen LogP contribution in [-0.2, 0) is 9.53 Å². The number of benzene rings is 1. The second-order valence-electron chi connectivity index (χ2n) is 3.06. The fraction of sp³-hybridized carbons (Fsp3) is 0.100. The summed E-state index contributed by atoms with van der Waals surface area (Å²) in [7, 11) is 0. The number of nitrogens with two attached hydrogens (primary N) is 1. The summed E-state index contributed by atoms with van der Waals surface area (Å²) in [5.41, 5.74) is 5.32. The Labute approximate surface area is 89.9 Å². The van der Waals surface area contributed by atoms with Gasteiger partial charge in [-0.15, -0.1) is 0 Å². The predicted octanol–water partition coefficient (Wildman–Crippen LogP) is -0.139. The van der Waals surface area contributed by atoms with Crippen LogP contribution in [0.25, 0.3) is 0 Å². The molecule has 6 heteroatoms. The van der Waals surface area contributed by atoms with Gasteiger partial charge in [0.25, 0.3) is 0 Å². The largest absolute Gasteiger partial charge is 0.426 e. The van der Waals surface area contributed by atoms with E-state index in [0.717, 1.165) is 0 Å². The lowest BCUT2D eigenvalue weighted by molar-refractivity contribution is -0.132. The maximum absolute atomic E-state index is 11.2. The molecular weight excluding hydrogens is 214 g/mol. The molecule has 1 aromatic rings. The minimum Gasteiger partial charge on any atom is -0.426 e. The molecule has 0 saturated heterocycles. The van der Waals surface area contributed by atoms with E-state index >= 15 is 0 Å². The third-order valence-electron chi connectivity index (χ3n) is 2.01. The van der Waals surface area contributed by atoms with Gasteiger partial charge in [-0.1, -0.05) is 0 Å². The molecule has 2 N–H and O–H groups in total. The van der Waals surface area contributed by atoms with Gasteiger partial charge in [0.15, 0.2) is 0 Å². The van der Waals surface area contributed by atoms with Crippen molar-refractivity contribution in [3.8, 4) is 5.75 Å². The van der Waals surface area contributed by atoms with Gasteiger partial charge in [-0.3, -0.25) is 4.79 Å². The van der Waals surface area contributed by atoms with Crippen LogP contribution >= 0.6 is 0 Å². The van der Waals surface area contributed by atoms with Crippen molar-refractivity contribution in [3.05, 3.63) is 29.3 Å². The Hall–Kier alpha value is -2.21. The fourth-order valence-corrected chi connectivity index (χ4v) is 1.30. The van der Waals surface area contributed by atoms with Crippen molar-refractivity contribution in [2.75, 3.05) is 6.54 Å². The van der Waals surface area contributed by atoms with Crippen LogP contribution < -0.4 is 10.5 Å². The van der Waals surface area contributed by atoms with Crippen molar-refractivity contribution in [1.29, 1.82) is 0 Å². The molecule has 0 aromatic heterocycles. The maximum Gasteiger partial charge on any atom is 0.347 e. The van der Waals surface area contributed by atoms with Gasteiger partial charge in [0, 0.05) is 0 Å². The quantitative estimate of drug-likeness (QED) is 0.424. The monoisotopic (exact) mass is 221 g/mol. The summed E-state index contributed by atoms with van der Waals surface area (Å²) in [4.78, 5) is 33.2. The standard InChI is InChI=1S/C10H7NO5/c11-4-8(12)15-5-1-2-6-7(3-5)10(14)16-9(6)13/h1-3H,4,11H2. The summed E-state index contributed by atoms with van der Waals surface area (Å²) in [5, 5.41) is 0. The van der Waals surface area contributed by atoms with Gasteiger partial charge in [-0.25, -0.2) is 9.59 Å². The van der Waals surface area contributed by atoms with Crippen LogP contribution in [-0.4, -0.2) is 24.5 Å². The molecular formula is C10H7NO5. The van der Waals surface area contributed by atoms with Crippen LogP contribution in [0.2, 0.25) is 0 Å². The average Bonchev–Trinajstić information content (AvgIpc) is 2.54. The number of carbonyl (C=O) groups is 3. The highest BCUT2D eigenvalue weighted by atomic mass is 16.6. The molecule has 1 aliphatic rings. The van der Waals surface area contributed by atoms with E-state index in [2.05, 4.69) is 4.74 Å². The Balaban J connectivity index is 2.33. The van der Waals surface area contributed by atoms with Crippen molar-refractivity contribution in [2.45, 2.75) is 0 Å². The molecule has 0 unspecified atom stereocenters. The summed E-state index contributed by atoms with van der Waals surface area (Å²) in [6.45, 7) is -0.263. The van der Waals surface area contributed by atoms with E-state index in [0.29, 0.717) is 0 Å². The van der Waals surface area contributed by atoms with Crippen molar-refractivity contribution in [2.24, 2.45) is 5.73 Å². The highest BCUT2D eigenvalue weighted by molar-refractivity contribution is 6.14. The number of hydrogen-bond donors (Lipinski definition) is 1. The van der Waals surface area contributed by atoms with Crippen LogP contribution in [0.3, 0.4) is 0 Å². The lowest BCUT2D eigenvalue weighted by Crippen LogP contribution is -2.19. The van der Waals surface area contributed by atoms with Gasteiger partial charge in [0.05, 0.1) is 17.7 Å². The molecule has 2 rings (SSSR count). The number of carbonyl (C=O) groups excluding carboxylic acids is 3. The summed E-state index contributed by atoms with van der Waals surface area (Å²) in [6, 6.07) is 4.03. The summed E-state index contributed by atoms with van der Waals surface area (Å²) >= 11 is 0. The molecule has 6 nitrogen and oxygen atoms in total. The molecule has 0 aliphatic carbocycles. The van der Waals surface area contributed by atoms with Gasteiger partial charge in [-0.05, 0) is 18.2 Å². The number of rotatable bonds is 2. The number of cyclic esters (lactones) is 2. The molecule has 16 heavy (non-hydrogen) atoms. The predicted molar refractivity (Wildman–Crippen MR) is 50.9 cm³/mol. The lowest BCUT2D eigenvalue weighted by Gasteiger charge is -2.02. The van der Waals surface area contributed by atoms with Crippen LogP contribution in [0.15, 0.2) is 18.2 Å². The van der Waals surface area contributed by atoms with Crippen molar-refractivity contribution < 1.29 is 23.9 Å². The number of ether oxygens (including phenoxy) is 2. The zero-order chi connectivity index (χ0) is 11.7. The lowest BCUT2D eigenvalue weighted by atomic mass is 10.1. The van der Waals surface area contributed by atoms with Gasteiger partial charge in [0.2, 0.25) is 0 Å². The van der Waals surface area contributed by atoms with E-state index in [1.165, 1.54) is 18.2 Å². The first kappa shape index (κ1) is 10.3. The Morgan fingerprint density at radius 1 is 1.25 bits per heavy atom. The zero-order valence-corrected chi connectivity index (χ0v) is 8.06. The second kappa shape index (κ2) is 3.74. The third-order valence-corrected chi connectivity index (χ3v) is 2.01. The molecule has 1 heterocycles. The molecule has 1 aliphatic heterocycles. The summed E-state index contributed by atoms with van der Waals surface area (Å²) in [6.07, 6.45) is 0. The van der Waals surface area contributed by atoms with E-state index in [1.54, 1.807) is 0 Å². The van der Waals surface area contributed by atoms with Crippen LogP contribution in [0, 0.1) is 0 Å². The van der Waals surface area contributed by atoms with Crippen molar-refractivity contribution >= 4 is 17.9 Å².